The lowest BCUT2D eigenvalue weighted by atomic mass is 9.98. The van der Waals surface area contributed by atoms with Gasteiger partial charge < -0.3 is 29.7 Å². The molecule has 3 amide bonds. The van der Waals surface area contributed by atoms with E-state index >= 15 is 0 Å². The fourth-order valence-electron chi connectivity index (χ4n) is 6.28. The van der Waals surface area contributed by atoms with Gasteiger partial charge in [-0.3, -0.25) is 14.4 Å². The van der Waals surface area contributed by atoms with Crippen LogP contribution in [0.3, 0.4) is 0 Å². The van der Waals surface area contributed by atoms with Gasteiger partial charge in [0.05, 0.1) is 24.4 Å². The molecule has 0 radical (unpaired) electrons. The van der Waals surface area contributed by atoms with Crippen LogP contribution in [0.2, 0.25) is 0 Å². The molecule has 2 N–H and O–H groups in total. The molecule has 1 saturated heterocycles. The van der Waals surface area contributed by atoms with Crippen LogP contribution in [0.5, 0.6) is 17.2 Å². The van der Waals surface area contributed by atoms with Gasteiger partial charge in [0.1, 0.15) is 29.2 Å². The Morgan fingerprint density at radius 2 is 1.84 bits per heavy atom. The summed E-state index contributed by atoms with van der Waals surface area (Å²) in [5.74, 6) is -0.330. The molecule has 0 spiro atoms. The summed E-state index contributed by atoms with van der Waals surface area (Å²) in [6, 6.07) is 24.7. The van der Waals surface area contributed by atoms with Gasteiger partial charge in [0.25, 0.3) is 17.7 Å². The third-order valence-corrected chi connectivity index (χ3v) is 8.72. The molecule has 0 aliphatic carbocycles. The fraction of sp³-hybridized carbons (Fsp3) is 0.211. The van der Waals surface area contributed by atoms with Crippen LogP contribution in [-0.4, -0.2) is 71.4 Å². The van der Waals surface area contributed by atoms with E-state index in [1.807, 2.05) is 18.2 Å². The lowest BCUT2D eigenvalue weighted by Gasteiger charge is -2.39. The average Bonchev–Trinajstić information content (AvgIpc) is 3.68. The largest absolute Gasteiger partial charge is 0.496 e. The van der Waals surface area contributed by atoms with Crippen LogP contribution in [0.25, 0.3) is 16.8 Å². The quantitative estimate of drug-likeness (QED) is 0.282. The highest BCUT2D eigenvalue weighted by Gasteiger charge is 2.35. The number of likely N-dealkylation sites (tertiary alicyclic amines) is 1. The molecule has 11 nitrogen and oxygen atoms in total. The van der Waals surface area contributed by atoms with Crippen molar-refractivity contribution >= 4 is 17.7 Å². The van der Waals surface area contributed by atoms with E-state index in [2.05, 4.69) is 15.7 Å². The third-order valence-electron chi connectivity index (χ3n) is 8.72. The van der Waals surface area contributed by atoms with Crippen molar-refractivity contribution in [2.24, 2.45) is 0 Å². The molecule has 12 heteroatoms. The highest BCUT2D eigenvalue weighted by Crippen LogP contribution is 2.33. The summed E-state index contributed by atoms with van der Waals surface area (Å²) in [5, 5.41) is 10.2. The lowest BCUT2D eigenvalue weighted by molar-refractivity contribution is -0.123. The molecular weight excluding hydrogens is 641 g/mol. The second-order valence-corrected chi connectivity index (χ2v) is 12.0. The molecule has 2 aliphatic heterocycles. The topological polar surface area (TPSA) is 124 Å². The predicted octanol–water partition coefficient (Wildman–Crippen LogP) is 4.79. The number of nitrogens with one attached hydrogen (secondary N) is 2. The molecule has 2 atom stereocenters. The number of carbonyl (C=O) groups is 3. The van der Waals surface area contributed by atoms with Gasteiger partial charge in [0.15, 0.2) is 6.61 Å². The molecule has 1 aromatic heterocycles. The molecule has 1 fully saturated rings. The van der Waals surface area contributed by atoms with Gasteiger partial charge in [-0.05, 0) is 71.8 Å². The Balaban J connectivity index is 1.24. The number of para-hydroxylation sites is 1. The van der Waals surface area contributed by atoms with Gasteiger partial charge in [-0.25, -0.2) is 9.07 Å². The van der Waals surface area contributed by atoms with E-state index in [4.69, 9.17) is 14.2 Å². The molecule has 0 unspecified atom stereocenters. The number of ether oxygens (including phenoxy) is 3. The van der Waals surface area contributed by atoms with Crippen LogP contribution in [0.4, 0.5) is 4.39 Å². The first-order valence-electron chi connectivity index (χ1n) is 16.2. The van der Waals surface area contributed by atoms with Gasteiger partial charge >= 0.3 is 0 Å². The summed E-state index contributed by atoms with van der Waals surface area (Å²) in [7, 11) is 1.54. The van der Waals surface area contributed by atoms with Crippen molar-refractivity contribution in [3.8, 4) is 34.1 Å². The van der Waals surface area contributed by atoms with Crippen LogP contribution < -0.4 is 24.8 Å². The number of rotatable bonds is 3. The highest BCUT2D eigenvalue weighted by atomic mass is 19.1. The molecule has 2 aliphatic rings. The normalized spacial score (nSPS) is 17.8. The number of hydrogen-bond acceptors (Lipinski definition) is 7. The molecule has 6 bridgehead atoms. The van der Waals surface area contributed by atoms with Crippen molar-refractivity contribution in [2.75, 3.05) is 26.8 Å². The van der Waals surface area contributed by atoms with Gasteiger partial charge in [0, 0.05) is 55.6 Å². The standard InChI is InChI=1S/C38H34FN5O6/c1-48-34-11-10-26-19-31(34)25-6-4-7-28(18-25)49-23-36(45)40-21-24-16-27(39)20-29(17-24)50-35-12-15-43(22-32(35)42-37(26)46)38(47)30-8-2-3-9-33(30)44-14-5-13-41-44/h2-11,13-14,16-20,32,35H,12,15,21-23H2,1H3,(H,40,45)(H,42,46)/t32-,35-/m1/s1. The first kappa shape index (κ1) is 32.4. The summed E-state index contributed by atoms with van der Waals surface area (Å²) in [6.45, 7) is 0.239. The summed E-state index contributed by atoms with van der Waals surface area (Å²) in [4.78, 5) is 42.3. The van der Waals surface area contributed by atoms with Crippen molar-refractivity contribution in [3.63, 3.8) is 0 Å². The van der Waals surface area contributed by atoms with Crippen LogP contribution >= 0.6 is 0 Å². The number of hydrogen-bond donors (Lipinski definition) is 2. The Kier molecular flexibility index (Phi) is 9.15. The Morgan fingerprint density at radius 1 is 0.960 bits per heavy atom. The zero-order valence-electron chi connectivity index (χ0n) is 27.2. The second-order valence-electron chi connectivity index (χ2n) is 12.0. The van der Waals surface area contributed by atoms with E-state index in [-0.39, 0.29) is 37.3 Å². The SMILES string of the molecule is COc1ccc2cc1-c1cccc(c1)OCC(=O)NCc1cc(F)cc(c1)O[C@@H]1CCN(C(=O)c3ccccc3-n3cccn3)C[C@H]1NC2=O. The first-order valence-corrected chi connectivity index (χ1v) is 16.2. The number of piperidine rings is 1. The van der Waals surface area contributed by atoms with E-state index in [1.54, 1.807) is 89.7 Å². The maximum absolute atomic E-state index is 14.8. The Bertz CT molecular complexity index is 2050. The summed E-state index contributed by atoms with van der Waals surface area (Å²) in [5.41, 5.74) is 3.28. The monoisotopic (exact) mass is 675 g/mol. The molecule has 3 heterocycles. The summed E-state index contributed by atoms with van der Waals surface area (Å²) in [6.07, 6.45) is 3.15. The van der Waals surface area contributed by atoms with Crippen molar-refractivity contribution < 1.29 is 33.0 Å². The van der Waals surface area contributed by atoms with Gasteiger partial charge in [-0.1, -0.05) is 24.3 Å². The minimum absolute atomic E-state index is 0.0438. The maximum atomic E-state index is 14.8. The van der Waals surface area contributed by atoms with Crippen molar-refractivity contribution in [2.45, 2.75) is 25.1 Å². The van der Waals surface area contributed by atoms with Crippen LogP contribution in [-0.2, 0) is 11.3 Å². The van der Waals surface area contributed by atoms with E-state index < -0.39 is 23.9 Å². The zero-order chi connectivity index (χ0) is 34.6. The molecule has 50 heavy (non-hydrogen) atoms. The summed E-state index contributed by atoms with van der Waals surface area (Å²) >= 11 is 0. The van der Waals surface area contributed by atoms with Crippen molar-refractivity contribution in [1.29, 1.82) is 0 Å². The number of amides is 3. The molecule has 4 aromatic carbocycles. The fourth-order valence-corrected chi connectivity index (χ4v) is 6.28. The maximum Gasteiger partial charge on any atom is 0.258 e. The van der Waals surface area contributed by atoms with Crippen molar-refractivity contribution in [1.82, 2.24) is 25.3 Å². The minimum atomic E-state index is -0.673. The second kappa shape index (κ2) is 14.1. The number of nitrogens with zero attached hydrogens (tertiary/aromatic N) is 3. The van der Waals surface area contributed by atoms with E-state index in [0.717, 1.165) is 0 Å². The van der Waals surface area contributed by atoms with E-state index in [0.29, 0.717) is 58.0 Å². The average molecular weight is 676 g/mol. The molecule has 0 saturated carbocycles. The number of benzene rings is 4. The van der Waals surface area contributed by atoms with Crippen LogP contribution in [0.15, 0.2) is 103 Å². The van der Waals surface area contributed by atoms with E-state index in [1.165, 1.54) is 12.1 Å². The number of fused-ring (bicyclic) bond motifs is 8. The minimum Gasteiger partial charge on any atom is -0.496 e. The predicted molar refractivity (Wildman–Crippen MR) is 182 cm³/mol. The number of methoxy groups -OCH3 is 1. The van der Waals surface area contributed by atoms with Gasteiger partial charge in [-0.2, -0.15) is 5.10 Å². The van der Waals surface area contributed by atoms with E-state index in [9.17, 15) is 18.8 Å². The summed E-state index contributed by atoms with van der Waals surface area (Å²) < 4.78 is 34.2. The molecule has 254 valence electrons. The third kappa shape index (κ3) is 7.00. The Hall–Kier alpha value is -6.17. The molecule has 5 aromatic rings. The van der Waals surface area contributed by atoms with Crippen LogP contribution in [0.1, 0.15) is 32.7 Å². The van der Waals surface area contributed by atoms with Gasteiger partial charge in [-0.15, -0.1) is 0 Å². The highest BCUT2D eigenvalue weighted by molar-refractivity contribution is 5.98. The number of halogens is 1. The first-order chi connectivity index (χ1) is 24.3. The molecule has 7 rings (SSSR count). The Labute approximate surface area is 287 Å². The smallest absolute Gasteiger partial charge is 0.258 e. The lowest BCUT2D eigenvalue weighted by Crippen LogP contribution is -2.58. The number of carbonyl (C=O) groups excluding carboxylic acids is 3. The van der Waals surface area contributed by atoms with Gasteiger partial charge in [0.2, 0.25) is 0 Å². The zero-order valence-corrected chi connectivity index (χ0v) is 27.2. The molecular formula is C38H34FN5O6. The Morgan fingerprint density at radius 3 is 2.68 bits per heavy atom. The number of aromatic nitrogens is 2. The van der Waals surface area contributed by atoms with Crippen LogP contribution in [0, 0.1) is 5.82 Å². The van der Waals surface area contributed by atoms with Crippen molar-refractivity contribution in [3.05, 3.63) is 126 Å².